The Hall–Kier alpha value is -2.65. The van der Waals surface area contributed by atoms with Crippen LogP contribution in [0.2, 0.25) is 0 Å². The van der Waals surface area contributed by atoms with Crippen LogP contribution in [0.3, 0.4) is 0 Å². The lowest BCUT2D eigenvalue weighted by atomic mass is 10.2. The van der Waals surface area contributed by atoms with Crippen LogP contribution in [0.5, 0.6) is 0 Å². The molecule has 0 saturated carbocycles. The molecule has 2 aliphatic rings. The maximum Gasteiger partial charge on any atom is 0.410 e. The van der Waals surface area contributed by atoms with E-state index in [9.17, 15) is 14.4 Å². The van der Waals surface area contributed by atoms with E-state index in [4.69, 9.17) is 9.47 Å². The summed E-state index contributed by atoms with van der Waals surface area (Å²) in [6.07, 6.45) is -0.420. The molecular formula is C20H28N4O5. The van der Waals surface area contributed by atoms with Crippen molar-refractivity contribution < 1.29 is 23.9 Å². The first-order chi connectivity index (χ1) is 13.7. The van der Waals surface area contributed by atoms with Gasteiger partial charge in [0, 0.05) is 37.6 Å². The zero-order valence-electron chi connectivity index (χ0n) is 17.1. The van der Waals surface area contributed by atoms with Gasteiger partial charge in [0.15, 0.2) is 0 Å². The minimum Gasteiger partial charge on any atom is -0.444 e. The number of nitrogens with one attached hydrogen (secondary N) is 2. The summed E-state index contributed by atoms with van der Waals surface area (Å²) in [5.74, 6) is -0.310. The van der Waals surface area contributed by atoms with E-state index in [0.717, 1.165) is 5.69 Å². The van der Waals surface area contributed by atoms with Gasteiger partial charge in [0.2, 0.25) is 5.91 Å². The molecule has 0 aliphatic carbocycles. The maximum atomic E-state index is 12.6. The highest BCUT2D eigenvalue weighted by atomic mass is 16.6. The Morgan fingerprint density at radius 3 is 2.59 bits per heavy atom. The normalized spacial score (nSPS) is 20.4. The van der Waals surface area contributed by atoms with Crippen molar-refractivity contribution in [3.8, 4) is 0 Å². The summed E-state index contributed by atoms with van der Waals surface area (Å²) in [4.78, 5) is 40.0. The molecule has 1 aromatic carbocycles. The van der Waals surface area contributed by atoms with Crippen LogP contribution in [0.4, 0.5) is 16.2 Å². The van der Waals surface area contributed by atoms with E-state index in [1.807, 2.05) is 20.8 Å². The van der Waals surface area contributed by atoms with Gasteiger partial charge in [-0.25, -0.2) is 4.79 Å². The second-order valence-corrected chi connectivity index (χ2v) is 8.07. The van der Waals surface area contributed by atoms with Gasteiger partial charge in [-0.15, -0.1) is 0 Å². The Labute approximate surface area is 170 Å². The van der Waals surface area contributed by atoms with E-state index in [1.165, 1.54) is 0 Å². The molecule has 2 N–H and O–H groups in total. The molecule has 2 aliphatic heterocycles. The molecule has 1 aromatic rings. The molecule has 29 heavy (non-hydrogen) atoms. The van der Waals surface area contributed by atoms with E-state index >= 15 is 0 Å². The summed E-state index contributed by atoms with van der Waals surface area (Å²) in [5.41, 5.74) is 0.808. The minimum absolute atomic E-state index is 0.0818. The van der Waals surface area contributed by atoms with Crippen molar-refractivity contribution in [2.75, 3.05) is 49.6 Å². The predicted molar refractivity (Wildman–Crippen MR) is 108 cm³/mol. The van der Waals surface area contributed by atoms with Crippen LogP contribution in [0.25, 0.3) is 0 Å². The number of carbonyl (C=O) groups excluding carboxylic acids is 3. The predicted octanol–water partition coefficient (Wildman–Crippen LogP) is 1.20. The number of benzene rings is 1. The van der Waals surface area contributed by atoms with Crippen LogP contribution in [-0.2, 0) is 19.1 Å². The fourth-order valence-corrected chi connectivity index (χ4v) is 3.16. The Kier molecular flexibility index (Phi) is 6.39. The van der Waals surface area contributed by atoms with Crippen molar-refractivity contribution in [3.05, 3.63) is 24.3 Å². The van der Waals surface area contributed by atoms with Crippen molar-refractivity contribution >= 4 is 29.3 Å². The monoisotopic (exact) mass is 404 g/mol. The fourth-order valence-electron chi connectivity index (χ4n) is 3.16. The van der Waals surface area contributed by atoms with E-state index < -0.39 is 17.7 Å². The third-order valence-electron chi connectivity index (χ3n) is 4.58. The fraction of sp³-hybridized carbons (Fsp3) is 0.550. The molecule has 0 unspecified atom stereocenters. The lowest BCUT2D eigenvalue weighted by molar-refractivity contribution is -0.125. The van der Waals surface area contributed by atoms with Gasteiger partial charge < -0.3 is 29.9 Å². The SMILES string of the molecule is CC(C)(C)OC(=O)N1CCN[C@@H](C(=O)Nc2ccc(N3CCOCC3=O)cc2)C1. The molecule has 0 spiro atoms. The molecule has 9 heteroatoms. The summed E-state index contributed by atoms with van der Waals surface area (Å²) in [5, 5.41) is 5.98. The van der Waals surface area contributed by atoms with Crippen molar-refractivity contribution in [1.82, 2.24) is 10.2 Å². The average molecular weight is 404 g/mol. The zero-order chi connectivity index (χ0) is 21.0. The number of ether oxygens (including phenoxy) is 2. The van der Waals surface area contributed by atoms with Crippen LogP contribution < -0.4 is 15.5 Å². The molecule has 3 rings (SSSR count). The molecule has 1 atom stereocenters. The number of rotatable bonds is 3. The highest BCUT2D eigenvalue weighted by Gasteiger charge is 2.30. The topological polar surface area (TPSA) is 100 Å². The third kappa shape index (κ3) is 5.68. The van der Waals surface area contributed by atoms with Gasteiger partial charge in [0.25, 0.3) is 5.91 Å². The number of amides is 3. The lowest BCUT2D eigenvalue weighted by Gasteiger charge is -2.34. The number of nitrogens with zero attached hydrogens (tertiary/aromatic N) is 2. The summed E-state index contributed by atoms with van der Waals surface area (Å²) in [6.45, 7) is 7.77. The standard InChI is InChI=1S/C20H28N4O5/c1-20(2,3)29-19(27)23-9-8-21-16(12-23)18(26)22-14-4-6-15(7-5-14)24-10-11-28-13-17(24)25/h4-7,16,21H,8-13H2,1-3H3,(H,22,26)/t16-/m1/s1. The van der Waals surface area contributed by atoms with Gasteiger partial charge in [0.1, 0.15) is 18.2 Å². The molecule has 2 fully saturated rings. The molecular weight excluding hydrogens is 376 g/mol. The first-order valence-corrected chi connectivity index (χ1v) is 9.73. The first-order valence-electron chi connectivity index (χ1n) is 9.73. The van der Waals surface area contributed by atoms with Crippen LogP contribution in [0.1, 0.15) is 20.8 Å². The molecule has 0 radical (unpaired) electrons. The zero-order valence-corrected chi connectivity index (χ0v) is 17.1. The minimum atomic E-state index is -0.580. The number of carbonyl (C=O) groups is 3. The molecule has 0 aromatic heterocycles. The molecule has 158 valence electrons. The number of piperazine rings is 1. The molecule has 3 amide bonds. The highest BCUT2D eigenvalue weighted by Crippen LogP contribution is 2.20. The highest BCUT2D eigenvalue weighted by molar-refractivity contribution is 5.97. The summed E-state index contributed by atoms with van der Waals surface area (Å²) in [6, 6.07) is 6.56. The van der Waals surface area contributed by atoms with Gasteiger partial charge >= 0.3 is 6.09 Å². The second kappa shape index (κ2) is 8.79. The van der Waals surface area contributed by atoms with Crippen LogP contribution in [-0.4, -0.2) is 73.8 Å². The van der Waals surface area contributed by atoms with Crippen LogP contribution in [0.15, 0.2) is 24.3 Å². The van der Waals surface area contributed by atoms with E-state index in [-0.39, 0.29) is 25.0 Å². The van der Waals surface area contributed by atoms with Gasteiger partial charge in [-0.1, -0.05) is 0 Å². The quantitative estimate of drug-likeness (QED) is 0.785. The maximum absolute atomic E-state index is 12.6. The Balaban J connectivity index is 1.56. The Bertz CT molecular complexity index is 759. The van der Waals surface area contributed by atoms with Gasteiger partial charge in [-0.3, -0.25) is 9.59 Å². The Morgan fingerprint density at radius 2 is 1.93 bits per heavy atom. The summed E-state index contributed by atoms with van der Waals surface area (Å²) in [7, 11) is 0. The van der Waals surface area contributed by atoms with Crippen LogP contribution >= 0.6 is 0 Å². The smallest absolute Gasteiger partial charge is 0.410 e. The number of morpholine rings is 1. The van der Waals surface area contributed by atoms with E-state index in [2.05, 4.69) is 10.6 Å². The number of anilines is 2. The first kappa shape index (κ1) is 21.1. The molecule has 2 heterocycles. The molecule has 0 bridgehead atoms. The summed E-state index contributed by atoms with van der Waals surface area (Å²) < 4.78 is 10.5. The third-order valence-corrected chi connectivity index (χ3v) is 4.58. The average Bonchev–Trinajstić information content (AvgIpc) is 2.68. The largest absolute Gasteiger partial charge is 0.444 e. The number of hydrogen-bond acceptors (Lipinski definition) is 6. The number of hydrogen-bond donors (Lipinski definition) is 2. The van der Waals surface area contributed by atoms with Crippen molar-refractivity contribution in [2.24, 2.45) is 0 Å². The van der Waals surface area contributed by atoms with Gasteiger partial charge in [-0.05, 0) is 45.0 Å². The second-order valence-electron chi connectivity index (χ2n) is 8.07. The van der Waals surface area contributed by atoms with Crippen molar-refractivity contribution in [3.63, 3.8) is 0 Å². The van der Waals surface area contributed by atoms with E-state index in [1.54, 1.807) is 34.1 Å². The van der Waals surface area contributed by atoms with Crippen molar-refractivity contribution in [2.45, 2.75) is 32.4 Å². The van der Waals surface area contributed by atoms with Crippen LogP contribution in [0, 0.1) is 0 Å². The molecule has 9 nitrogen and oxygen atoms in total. The van der Waals surface area contributed by atoms with Crippen molar-refractivity contribution in [1.29, 1.82) is 0 Å². The lowest BCUT2D eigenvalue weighted by Crippen LogP contribution is -2.57. The van der Waals surface area contributed by atoms with E-state index in [0.29, 0.717) is 31.9 Å². The van der Waals surface area contributed by atoms with Gasteiger partial charge in [0.05, 0.1) is 6.61 Å². The summed E-state index contributed by atoms with van der Waals surface area (Å²) >= 11 is 0. The van der Waals surface area contributed by atoms with Gasteiger partial charge in [-0.2, -0.15) is 0 Å². The Morgan fingerprint density at radius 1 is 1.21 bits per heavy atom. The molecule has 2 saturated heterocycles.